The fourth-order valence-electron chi connectivity index (χ4n) is 1.88. The summed E-state index contributed by atoms with van der Waals surface area (Å²) in [7, 11) is 1.62. The number of pyridine rings is 1. The highest BCUT2D eigenvalue weighted by Gasteiger charge is 2.05. The predicted molar refractivity (Wildman–Crippen MR) is 89.4 cm³/mol. The van der Waals surface area contributed by atoms with Gasteiger partial charge in [0.1, 0.15) is 17.6 Å². The Hall–Kier alpha value is -2.82. The molecule has 0 saturated heterocycles. The maximum atomic E-state index is 11.8. The van der Waals surface area contributed by atoms with Gasteiger partial charge >= 0.3 is 0 Å². The highest BCUT2D eigenvalue weighted by molar-refractivity contribution is 5.91. The lowest BCUT2D eigenvalue weighted by Gasteiger charge is -2.15. The highest BCUT2D eigenvalue weighted by Crippen LogP contribution is 2.17. The molecule has 2 aromatic rings. The number of methoxy groups -OCH3 is 1. The van der Waals surface area contributed by atoms with E-state index in [4.69, 9.17) is 9.47 Å². The average Bonchev–Trinajstić information content (AvgIpc) is 2.60. The van der Waals surface area contributed by atoms with E-state index in [0.717, 1.165) is 17.1 Å². The summed E-state index contributed by atoms with van der Waals surface area (Å²) < 4.78 is 10.8. The van der Waals surface area contributed by atoms with Crippen LogP contribution >= 0.6 is 0 Å². The van der Waals surface area contributed by atoms with Crippen molar-refractivity contribution in [2.24, 2.45) is 0 Å². The number of ether oxygens (including phenoxy) is 2. The van der Waals surface area contributed by atoms with E-state index in [-0.39, 0.29) is 12.0 Å². The summed E-state index contributed by atoms with van der Waals surface area (Å²) >= 11 is 0. The molecule has 1 aromatic heterocycles. The molecule has 5 nitrogen and oxygen atoms in total. The van der Waals surface area contributed by atoms with Crippen molar-refractivity contribution in [1.82, 2.24) is 10.3 Å². The van der Waals surface area contributed by atoms with Gasteiger partial charge in [0.25, 0.3) is 0 Å². The summed E-state index contributed by atoms with van der Waals surface area (Å²) in [5.41, 5.74) is 0.880. The van der Waals surface area contributed by atoms with Crippen LogP contribution in [0.4, 0.5) is 0 Å². The topological polar surface area (TPSA) is 60.5 Å². The minimum atomic E-state index is -0.168. The fraction of sp³-hybridized carbons (Fsp3) is 0.222. The van der Waals surface area contributed by atoms with Gasteiger partial charge in [0.2, 0.25) is 5.91 Å². The van der Waals surface area contributed by atoms with E-state index in [1.165, 1.54) is 6.08 Å². The van der Waals surface area contributed by atoms with Gasteiger partial charge in [-0.05, 0) is 48.9 Å². The van der Waals surface area contributed by atoms with Gasteiger partial charge in [-0.1, -0.05) is 6.07 Å². The minimum Gasteiger partial charge on any atom is -0.497 e. The third kappa shape index (κ3) is 5.82. The molecule has 1 atom stereocenters. The Morgan fingerprint density at radius 2 is 2.00 bits per heavy atom. The lowest BCUT2D eigenvalue weighted by molar-refractivity contribution is -0.116. The summed E-state index contributed by atoms with van der Waals surface area (Å²) in [4.78, 5) is 15.8. The number of amides is 1. The average molecular weight is 312 g/mol. The maximum absolute atomic E-state index is 11.8. The Kier molecular flexibility index (Phi) is 6.17. The van der Waals surface area contributed by atoms with E-state index in [1.54, 1.807) is 25.6 Å². The second kappa shape index (κ2) is 8.58. The van der Waals surface area contributed by atoms with Crippen molar-refractivity contribution in [2.45, 2.75) is 13.0 Å². The van der Waals surface area contributed by atoms with Crippen LogP contribution in [0.15, 0.2) is 54.9 Å². The number of carbonyl (C=O) groups excluding carboxylic acids is 1. The van der Waals surface area contributed by atoms with Gasteiger partial charge in [-0.3, -0.25) is 9.78 Å². The molecule has 0 saturated carbocycles. The van der Waals surface area contributed by atoms with E-state index in [2.05, 4.69) is 10.3 Å². The molecule has 0 aliphatic rings. The second-order valence-electron chi connectivity index (χ2n) is 4.97. The molecule has 5 heteroatoms. The maximum Gasteiger partial charge on any atom is 0.244 e. The first kappa shape index (κ1) is 16.5. The van der Waals surface area contributed by atoms with E-state index in [0.29, 0.717) is 6.54 Å². The first-order valence-electron chi connectivity index (χ1n) is 7.34. The van der Waals surface area contributed by atoms with Crippen molar-refractivity contribution in [3.63, 3.8) is 0 Å². The molecule has 1 heterocycles. The zero-order chi connectivity index (χ0) is 16.5. The second-order valence-corrected chi connectivity index (χ2v) is 4.97. The van der Waals surface area contributed by atoms with E-state index >= 15 is 0 Å². The quantitative estimate of drug-likeness (QED) is 0.799. The van der Waals surface area contributed by atoms with Crippen LogP contribution in [0.5, 0.6) is 11.5 Å². The number of nitrogens with zero attached hydrogens (tertiary/aromatic N) is 1. The van der Waals surface area contributed by atoms with Gasteiger partial charge in [0.05, 0.1) is 13.7 Å². The molecule has 23 heavy (non-hydrogen) atoms. The van der Waals surface area contributed by atoms with E-state index in [9.17, 15) is 4.79 Å². The normalized spacial score (nSPS) is 11.9. The lowest BCUT2D eigenvalue weighted by atomic mass is 10.2. The smallest absolute Gasteiger partial charge is 0.244 e. The molecule has 0 aliphatic heterocycles. The Balaban J connectivity index is 1.75. The zero-order valence-electron chi connectivity index (χ0n) is 13.2. The van der Waals surface area contributed by atoms with Crippen LogP contribution in [0.2, 0.25) is 0 Å². The largest absolute Gasteiger partial charge is 0.497 e. The first-order chi connectivity index (χ1) is 11.2. The van der Waals surface area contributed by atoms with Crippen molar-refractivity contribution in [2.75, 3.05) is 13.7 Å². The van der Waals surface area contributed by atoms with Crippen LogP contribution in [0.25, 0.3) is 6.08 Å². The number of rotatable bonds is 7. The molecule has 120 valence electrons. The summed E-state index contributed by atoms with van der Waals surface area (Å²) in [5, 5.41) is 2.80. The Morgan fingerprint density at radius 1 is 1.26 bits per heavy atom. The first-order valence-corrected chi connectivity index (χ1v) is 7.34. The molecular formula is C18H20N2O3. The van der Waals surface area contributed by atoms with Crippen molar-refractivity contribution in [3.8, 4) is 11.5 Å². The number of nitrogens with one attached hydrogen (secondary N) is 1. The van der Waals surface area contributed by atoms with Crippen LogP contribution in [-0.2, 0) is 4.79 Å². The fourth-order valence-corrected chi connectivity index (χ4v) is 1.88. The molecule has 1 amide bonds. The third-order valence-corrected chi connectivity index (χ3v) is 3.07. The van der Waals surface area contributed by atoms with Crippen LogP contribution in [-0.4, -0.2) is 30.6 Å². The number of hydrogen-bond donors (Lipinski definition) is 1. The highest BCUT2D eigenvalue weighted by atomic mass is 16.5. The van der Waals surface area contributed by atoms with Crippen molar-refractivity contribution in [3.05, 3.63) is 60.4 Å². The molecule has 0 spiro atoms. The SMILES string of the molecule is COc1ccc(O[C@H](C)CNC(=O)/C=C/c2cccnc2)cc1. The van der Waals surface area contributed by atoms with Crippen molar-refractivity contribution in [1.29, 1.82) is 0 Å². The Labute approximate surface area is 136 Å². The van der Waals surface area contributed by atoms with Gasteiger partial charge < -0.3 is 14.8 Å². The van der Waals surface area contributed by atoms with E-state index in [1.807, 2.05) is 43.3 Å². The summed E-state index contributed by atoms with van der Waals surface area (Å²) in [6.07, 6.45) is 6.45. The molecule has 0 bridgehead atoms. The van der Waals surface area contributed by atoms with E-state index < -0.39 is 0 Å². The molecule has 0 fully saturated rings. The van der Waals surface area contributed by atoms with Gasteiger partial charge in [-0.25, -0.2) is 0 Å². The van der Waals surface area contributed by atoms with Gasteiger partial charge in [0.15, 0.2) is 0 Å². The monoisotopic (exact) mass is 312 g/mol. The van der Waals surface area contributed by atoms with Crippen molar-refractivity contribution < 1.29 is 14.3 Å². The zero-order valence-corrected chi connectivity index (χ0v) is 13.2. The molecule has 0 radical (unpaired) electrons. The van der Waals surface area contributed by atoms with Crippen LogP contribution in [0.1, 0.15) is 12.5 Å². The Bertz CT molecular complexity index is 639. The predicted octanol–water partition coefficient (Wildman–Crippen LogP) is 2.69. The molecule has 0 aliphatic carbocycles. The van der Waals surface area contributed by atoms with Gasteiger partial charge in [-0.15, -0.1) is 0 Å². The minimum absolute atomic E-state index is 0.140. The number of carbonyl (C=O) groups is 1. The van der Waals surface area contributed by atoms with Gasteiger partial charge in [-0.2, -0.15) is 0 Å². The molecule has 2 rings (SSSR count). The summed E-state index contributed by atoms with van der Waals surface area (Å²) in [6.45, 7) is 2.32. The van der Waals surface area contributed by atoms with Crippen LogP contribution < -0.4 is 14.8 Å². The summed E-state index contributed by atoms with van der Waals surface area (Å²) in [5.74, 6) is 1.34. The van der Waals surface area contributed by atoms with Crippen LogP contribution in [0, 0.1) is 0 Å². The molecular weight excluding hydrogens is 292 g/mol. The number of benzene rings is 1. The van der Waals surface area contributed by atoms with Crippen molar-refractivity contribution >= 4 is 12.0 Å². The Morgan fingerprint density at radius 3 is 2.65 bits per heavy atom. The van der Waals surface area contributed by atoms with Crippen LogP contribution in [0.3, 0.4) is 0 Å². The standard InChI is InChI=1S/C18H20N2O3/c1-14(23-17-8-6-16(22-2)7-9-17)12-20-18(21)10-5-15-4-3-11-19-13-15/h3-11,13-14H,12H2,1-2H3,(H,20,21)/b10-5+/t14-/m1/s1. The molecule has 1 N–H and O–H groups in total. The number of hydrogen-bond acceptors (Lipinski definition) is 4. The molecule has 1 aromatic carbocycles. The summed E-state index contributed by atoms with van der Waals surface area (Å²) in [6, 6.07) is 11.0. The lowest BCUT2D eigenvalue weighted by Crippen LogP contribution is -2.32. The molecule has 0 unspecified atom stereocenters. The third-order valence-electron chi connectivity index (χ3n) is 3.07. The number of aromatic nitrogens is 1. The van der Waals surface area contributed by atoms with Gasteiger partial charge in [0, 0.05) is 18.5 Å².